The fourth-order valence-electron chi connectivity index (χ4n) is 4.42. The lowest BCUT2D eigenvalue weighted by atomic mass is 10.1. The summed E-state index contributed by atoms with van der Waals surface area (Å²) in [5, 5.41) is 3.64. The zero-order valence-corrected chi connectivity index (χ0v) is 17.1. The molecular formula is C20H24N6O2S. The van der Waals surface area contributed by atoms with E-state index in [1.54, 1.807) is 16.3 Å². The molecule has 2 aromatic rings. The molecule has 5 rings (SSSR count). The maximum Gasteiger partial charge on any atom is 0.257 e. The number of nitrogens with one attached hydrogen (secondary N) is 1. The predicted octanol–water partition coefficient (Wildman–Crippen LogP) is 2.19. The molecule has 0 radical (unpaired) electrons. The van der Waals surface area contributed by atoms with Gasteiger partial charge >= 0.3 is 0 Å². The second kappa shape index (κ2) is 7.78. The van der Waals surface area contributed by atoms with Crippen molar-refractivity contribution in [2.75, 3.05) is 29.1 Å². The molecule has 1 unspecified atom stereocenters. The highest BCUT2D eigenvalue weighted by molar-refractivity contribution is 7.99. The van der Waals surface area contributed by atoms with Crippen molar-refractivity contribution in [3.8, 4) is 0 Å². The monoisotopic (exact) mass is 412 g/mol. The molecule has 0 bridgehead atoms. The van der Waals surface area contributed by atoms with Crippen LogP contribution in [0.2, 0.25) is 0 Å². The van der Waals surface area contributed by atoms with Crippen molar-refractivity contribution in [3.63, 3.8) is 0 Å². The number of thioether (sulfide) groups is 1. The van der Waals surface area contributed by atoms with E-state index in [0.717, 1.165) is 67.4 Å². The van der Waals surface area contributed by atoms with Crippen molar-refractivity contribution >= 4 is 29.3 Å². The van der Waals surface area contributed by atoms with E-state index < -0.39 is 0 Å². The molecule has 1 N–H and O–H groups in total. The van der Waals surface area contributed by atoms with Gasteiger partial charge in [-0.1, -0.05) is 11.8 Å². The molecule has 2 aliphatic heterocycles. The molecule has 4 heterocycles. The number of aromatic nitrogens is 4. The van der Waals surface area contributed by atoms with Crippen LogP contribution in [0.5, 0.6) is 0 Å². The quantitative estimate of drug-likeness (QED) is 0.770. The number of anilines is 2. The third-order valence-electron chi connectivity index (χ3n) is 5.89. The number of rotatable bonds is 4. The van der Waals surface area contributed by atoms with Crippen molar-refractivity contribution in [2.24, 2.45) is 0 Å². The van der Waals surface area contributed by atoms with Crippen molar-refractivity contribution in [1.29, 1.82) is 0 Å². The van der Waals surface area contributed by atoms with Gasteiger partial charge in [0.15, 0.2) is 5.16 Å². The Morgan fingerprint density at radius 1 is 1.17 bits per heavy atom. The average Bonchev–Trinajstić information content (AvgIpc) is 3.37. The third-order valence-corrected chi connectivity index (χ3v) is 6.99. The summed E-state index contributed by atoms with van der Waals surface area (Å²) in [7, 11) is 0. The van der Waals surface area contributed by atoms with Crippen LogP contribution < -0.4 is 15.8 Å². The van der Waals surface area contributed by atoms with E-state index in [1.807, 2.05) is 6.07 Å². The van der Waals surface area contributed by atoms with E-state index in [1.165, 1.54) is 12.7 Å². The van der Waals surface area contributed by atoms with Crippen LogP contribution in [-0.4, -0.2) is 44.3 Å². The normalized spacial score (nSPS) is 20.4. The molecule has 2 aromatic heterocycles. The van der Waals surface area contributed by atoms with Crippen LogP contribution in [0, 0.1) is 0 Å². The minimum Gasteiger partial charge on any atom is -0.356 e. The van der Waals surface area contributed by atoms with Gasteiger partial charge in [0.25, 0.3) is 5.56 Å². The van der Waals surface area contributed by atoms with Gasteiger partial charge in [-0.2, -0.15) is 0 Å². The topological polar surface area (TPSA) is 93.0 Å². The molecule has 0 spiro atoms. The number of piperidine rings is 1. The van der Waals surface area contributed by atoms with Crippen LogP contribution in [-0.2, 0) is 17.6 Å². The van der Waals surface area contributed by atoms with Crippen LogP contribution in [0.3, 0.4) is 0 Å². The van der Waals surface area contributed by atoms with Gasteiger partial charge in [-0.3, -0.25) is 14.2 Å². The maximum atomic E-state index is 12.9. The second-order valence-corrected chi connectivity index (χ2v) is 8.86. The van der Waals surface area contributed by atoms with Crippen molar-refractivity contribution < 1.29 is 4.79 Å². The molecule has 0 saturated carbocycles. The molecule has 3 aliphatic rings. The summed E-state index contributed by atoms with van der Waals surface area (Å²) >= 11 is 1.57. The van der Waals surface area contributed by atoms with Crippen LogP contribution in [0.4, 0.5) is 11.6 Å². The molecule has 1 fully saturated rings. The SMILES string of the molecule is O=C(CC1CSc2nc3c(c(=O)n21)CCC3)Nc1cc(N2CCCCC2)ncn1. The van der Waals surface area contributed by atoms with Crippen molar-refractivity contribution in [1.82, 2.24) is 19.5 Å². The number of hydrogen-bond donors (Lipinski definition) is 1. The zero-order chi connectivity index (χ0) is 19.8. The first-order valence-electron chi connectivity index (χ1n) is 10.3. The first-order valence-corrected chi connectivity index (χ1v) is 11.3. The maximum absolute atomic E-state index is 12.9. The Kier molecular flexibility index (Phi) is 4.99. The standard InChI is InChI=1S/C20H24N6O2S/c27-18(24-16-10-17(22-12-21-16)25-7-2-1-3-8-25)9-13-11-29-20-23-15-6-4-5-14(15)19(28)26(13)20/h10,12-13H,1-9,11H2,(H,21,22,24,27). The predicted molar refractivity (Wildman–Crippen MR) is 112 cm³/mol. The van der Waals surface area contributed by atoms with E-state index in [0.29, 0.717) is 11.6 Å². The second-order valence-electron chi connectivity index (χ2n) is 7.87. The Bertz CT molecular complexity index is 1000. The Labute approximate surface area is 173 Å². The Morgan fingerprint density at radius 2 is 2.03 bits per heavy atom. The van der Waals surface area contributed by atoms with Gasteiger partial charge in [0.1, 0.15) is 18.0 Å². The number of fused-ring (bicyclic) bond motifs is 2. The third kappa shape index (κ3) is 3.63. The minimum absolute atomic E-state index is 0.0414. The van der Waals surface area contributed by atoms with Crippen LogP contribution in [0.25, 0.3) is 0 Å². The van der Waals surface area contributed by atoms with Gasteiger partial charge in [0.05, 0.1) is 11.7 Å². The zero-order valence-electron chi connectivity index (χ0n) is 16.3. The van der Waals surface area contributed by atoms with Gasteiger partial charge < -0.3 is 10.2 Å². The summed E-state index contributed by atoms with van der Waals surface area (Å²) in [6.45, 7) is 1.97. The number of carbonyl (C=O) groups excluding carboxylic acids is 1. The molecule has 1 atom stereocenters. The fourth-order valence-corrected chi connectivity index (χ4v) is 5.58. The van der Waals surface area contributed by atoms with E-state index in [-0.39, 0.29) is 23.9 Å². The number of carbonyl (C=O) groups is 1. The molecule has 8 nitrogen and oxygen atoms in total. The number of aryl methyl sites for hydroxylation is 1. The highest BCUT2D eigenvalue weighted by Crippen LogP contribution is 2.34. The summed E-state index contributed by atoms with van der Waals surface area (Å²) in [5.74, 6) is 1.92. The van der Waals surface area contributed by atoms with Gasteiger partial charge in [-0.25, -0.2) is 15.0 Å². The van der Waals surface area contributed by atoms with Crippen molar-refractivity contribution in [3.05, 3.63) is 34.0 Å². The Hall–Kier alpha value is -2.42. The fraction of sp³-hybridized carbons (Fsp3) is 0.550. The lowest BCUT2D eigenvalue weighted by Crippen LogP contribution is -2.31. The Balaban J connectivity index is 1.29. The minimum atomic E-state index is -0.163. The van der Waals surface area contributed by atoms with Gasteiger partial charge in [-0.05, 0) is 38.5 Å². The molecular weight excluding hydrogens is 388 g/mol. The number of hydrogen-bond acceptors (Lipinski definition) is 7. The first-order chi connectivity index (χ1) is 14.2. The number of amides is 1. The van der Waals surface area contributed by atoms with Crippen LogP contribution >= 0.6 is 11.8 Å². The molecule has 0 aromatic carbocycles. The van der Waals surface area contributed by atoms with E-state index in [9.17, 15) is 9.59 Å². The summed E-state index contributed by atoms with van der Waals surface area (Å²) in [5.41, 5.74) is 1.83. The molecule has 1 amide bonds. The van der Waals surface area contributed by atoms with Gasteiger partial charge in [0.2, 0.25) is 5.91 Å². The number of nitrogens with zero attached hydrogens (tertiary/aromatic N) is 5. The highest BCUT2D eigenvalue weighted by atomic mass is 32.2. The van der Waals surface area contributed by atoms with E-state index in [4.69, 9.17) is 0 Å². The largest absolute Gasteiger partial charge is 0.356 e. The summed E-state index contributed by atoms with van der Waals surface area (Å²) in [6.07, 6.45) is 7.99. The first kappa shape index (κ1) is 18.6. The smallest absolute Gasteiger partial charge is 0.257 e. The molecule has 29 heavy (non-hydrogen) atoms. The Morgan fingerprint density at radius 3 is 2.90 bits per heavy atom. The molecule has 1 aliphatic carbocycles. The molecule has 9 heteroatoms. The summed E-state index contributed by atoms with van der Waals surface area (Å²) < 4.78 is 1.73. The van der Waals surface area contributed by atoms with Crippen LogP contribution in [0.15, 0.2) is 22.3 Å². The summed E-state index contributed by atoms with van der Waals surface area (Å²) in [4.78, 5) is 41.0. The van der Waals surface area contributed by atoms with Crippen molar-refractivity contribution in [2.45, 2.75) is 56.1 Å². The lowest BCUT2D eigenvalue weighted by molar-refractivity contribution is -0.116. The van der Waals surface area contributed by atoms with Crippen LogP contribution in [0.1, 0.15) is 49.4 Å². The van der Waals surface area contributed by atoms with Gasteiger partial charge in [-0.15, -0.1) is 0 Å². The summed E-state index contributed by atoms with van der Waals surface area (Å²) in [6, 6.07) is 1.67. The van der Waals surface area contributed by atoms with Gasteiger partial charge in [0, 0.05) is 36.9 Å². The average molecular weight is 413 g/mol. The molecule has 1 saturated heterocycles. The van der Waals surface area contributed by atoms with E-state index >= 15 is 0 Å². The highest BCUT2D eigenvalue weighted by Gasteiger charge is 2.31. The van der Waals surface area contributed by atoms with E-state index in [2.05, 4.69) is 25.2 Å². The lowest BCUT2D eigenvalue weighted by Gasteiger charge is -2.27. The molecule has 152 valence electrons.